The van der Waals surface area contributed by atoms with E-state index >= 15 is 0 Å². The number of nitrogens with one attached hydrogen (secondary N) is 1. The quantitative estimate of drug-likeness (QED) is 0.425. The first-order valence-corrected chi connectivity index (χ1v) is 11.7. The van der Waals surface area contributed by atoms with Crippen LogP contribution >= 0.6 is 11.5 Å². The molecule has 1 aromatic heterocycles. The minimum absolute atomic E-state index is 0.0941. The van der Waals surface area contributed by atoms with Crippen LogP contribution in [0.1, 0.15) is 25.6 Å². The van der Waals surface area contributed by atoms with Crippen molar-refractivity contribution in [1.82, 2.24) is 9.59 Å². The normalized spacial score (nSPS) is 12.2. The van der Waals surface area contributed by atoms with Crippen molar-refractivity contribution in [2.24, 2.45) is 0 Å². The average Bonchev–Trinajstić information content (AvgIpc) is 3.56. The predicted molar refractivity (Wildman–Crippen MR) is 135 cm³/mol. The second-order valence-corrected chi connectivity index (χ2v) is 8.67. The Labute approximate surface area is 206 Å². The Kier molecular flexibility index (Phi) is 6.15. The van der Waals surface area contributed by atoms with E-state index in [2.05, 4.69) is 14.9 Å². The molecule has 5 rings (SSSR count). The van der Waals surface area contributed by atoms with E-state index in [9.17, 15) is 9.59 Å². The van der Waals surface area contributed by atoms with Gasteiger partial charge in [-0.1, -0.05) is 10.6 Å². The largest absolute Gasteiger partial charge is 0.497 e. The zero-order valence-corrected chi connectivity index (χ0v) is 20.0. The number of methoxy groups -OCH3 is 2. The van der Waals surface area contributed by atoms with Crippen LogP contribution in [0.5, 0.6) is 11.5 Å². The van der Waals surface area contributed by atoms with Gasteiger partial charge in [0.05, 0.1) is 14.2 Å². The van der Waals surface area contributed by atoms with Gasteiger partial charge in [0.2, 0.25) is 0 Å². The third kappa shape index (κ3) is 4.45. The summed E-state index contributed by atoms with van der Waals surface area (Å²) in [5, 5.41) is 7.08. The summed E-state index contributed by atoms with van der Waals surface area (Å²) in [6, 6.07) is 20.0. The second-order valence-electron chi connectivity index (χ2n) is 7.91. The fourth-order valence-corrected chi connectivity index (χ4v) is 4.61. The highest BCUT2D eigenvalue weighted by atomic mass is 32.1. The zero-order valence-electron chi connectivity index (χ0n) is 19.1. The highest BCUT2D eigenvalue weighted by molar-refractivity contribution is 7.08. The van der Waals surface area contributed by atoms with Gasteiger partial charge in [-0.15, -0.1) is 5.10 Å². The Hall–Kier alpha value is -4.24. The number of rotatable bonds is 6. The van der Waals surface area contributed by atoms with Gasteiger partial charge in [-0.2, -0.15) is 0 Å². The molecule has 0 aliphatic carbocycles. The number of benzene rings is 3. The van der Waals surface area contributed by atoms with Gasteiger partial charge < -0.3 is 19.7 Å². The minimum Gasteiger partial charge on any atom is -0.497 e. The van der Waals surface area contributed by atoms with Crippen LogP contribution in [-0.4, -0.2) is 42.2 Å². The van der Waals surface area contributed by atoms with E-state index in [1.807, 2.05) is 42.5 Å². The SMILES string of the molecule is COc1ccc(C(=O)N2CCc3ccc(NC(=O)c4snnc4-c4ccc(OC)cc4)cc32)cc1. The summed E-state index contributed by atoms with van der Waals surface area (Å²) in [5.74, 6) is 1.01. The number of carbonyl (C=O) groups excluding carboxylic acids is 2. The number of nitrogens with zero attached hydrogens (tertiary/aromatic N) is 3. The molecule has 0 bridgehead atoms. The molecule has 0 atom stereocenters. The molecular formula is C26H22N4O4S. The first-order chi connectivity index (χ1) is 17.1. The Balaban J connectivity index is 1.36. The number of hydrogen-bond acceptors (Lipinski definition) is 7. The van der Waals surface area contributed by atoms with Crippen LogP contribution in [0.15, 0.2) is 66.7 Å². The fourth-order valence-electron chi connectivity index (χ4n) is 4.02. The molecule has 176 valence electrons. The molecule has 0 spiro atoms. The van der Waals surface area contributed by atoms with Crippen molar-refractivity contribution in [3.8, 4) is 22.8 Å². The van der Waals surface area contributed by atoms with Crippen molar-refractivity contribution < 1.29 is 19.1 Å². The van der Waals surface area contributed by atoms with Crippen LogP contribution in [0.2, 0.25) is 0 Å². The molecule has 9 heteroatoms. The molecule has 0 radical (unpaired) electrons. The molecule has 0 fully saturated rings. The van der Waals surface area contributed by atoms with Crippen LogP contribution in [0.3, 0.4) is 0 Å². The molecule has 2 heterocycles. The molecule has 8 nitrogen and oxygen atoms in total. The van der Waals surface area contributed by atoms with Gasteiger partial charge >= 0.3 is 0 Å². The molecule has 4 aromatic rings. The van der Waals surface area contributed by atoms with E-state index < -0.39 is 0 Å². The van der Waals surface area contributed by atoms with Crippen LogP contribution in [-0.2, 0) is 6.42 Å². The first-order valence-electron chi connectivity index (χ1n) is 10.9. The topological polar surface area (TPSA) is 93.7 Å². The highest BCUT2D eigenvalue weighted by Gasteiger charge is 2.26. The van der Waals surface area contributed by atoms with E-state index in [0.717, 1.165) is 40.5 Å². The average molecular weight is 487 g/mol. The summed E-state index contributed by atoms with van der Waals surface area (Å²) >= 11 is 1.03. The monoisotopic (exact) mass is 486 g/mol. The van der Waals surface area contributed by atoms with Crippen molar-refractivity contribution >= 4 is 34.7 Å². The molecule has 2 amide bonds. The maximum Gasteiger partial charge on any atom is 0.269 e. The van der Waals surface area contributed by atoms with Gasteiger partial charge in [0.1, 0.15) is 22.1 Å². The maximum atomic E-state index is 13.2. The predicted octanol–water partition coefficient (Wildman–Crippen LogP) is 4.68. The van der Waals surface area contributed by atoms with Crippen LogP contribution < -0.4 is 19.7 Å². The van der Waals surface area contributed by atoms with Crippen LogP contribution in [0.4, 0.5) is 11.4 Å². The number of ether oxygens (including phenoxy) is 2. The van der Waals surface area contributed by atoms with Crippen molar-refractivity contribution in [2.45, 2.75) is 6.42 Å². The van der Waals surface area contributed by atoms with Crippen molar-refractivity contribution in [3.63, 3.8) is 0 Å². The van der Waals surface area contributed by atoms with Gasteiger partial charge in [-0.25, -0.2) is 0 Å². The fraction of sp³-hybridized carbons (Fsp3) is 0.154. The maximum absolute atomic E-state index is 13.2. The van der Waals surface area contributed by atoms with Crippen LogP contribution in [0.25, 0.3) is 11.3 Å². The summed E-state index contributed by atoms with van der Waals surface area (Å²) in [7, 11) is 3.19. The van der Waals surface area contributed by atoms with E-state index in [-0.39, 0.29) is 11.8 Å². The Morgan fingerprint density at radius 2 is 1.63 bits per heavy atom. The van der Waals surface area contributed by atoms with Crippen LogP contribution in [0, 0.1) is 0 Å². The number of aromatic nitrogens is 2. The highest BCUT2D eigenvalue weighted by Crippen LogP contribution is 2.33. The van der Waals surface area contributed by atoms with Gasteiger partial charge in [0, 0.05) is 29.0 Å². The summed E-state index contributed by atoms with van der Waals surface area (Å²) in [5.41, 5.74) is 4.30. The number of fused-ring (bicyclic) bond motifs is 1. The van der Waals surface area contributed by atoms with Gasteiger partial charge in [0.25, 0.3) is 11.8 Å². The van der Waals surface area contributed by atoms with Gasteiger partial charge in [-0.05, 0) is 84.2 Å². The third-order valence-corrected chi connectivity index (χ3v) is 6.60. The van der Waals surface area contributed by atoms with E-state index in [1.165, 1.54) is 0 Å². The summed E-state index contributed by atoms with van der Waals surface area (Å²) < 4.78 is 14.4. The zero-order chi connectivity index (χ0) is 24.4. The molecule has 1 N–H and O–H groups in total. The lowest BCUT2D eigenvalue weighted by Gasteiger charge is -2.18. The number of amides is 2. The molecule has 1 aliphatic heterocycles. The Morgan fingerprint density at radius 1 is 0.943 bits per heavy atom. The molecule has 0 saturated heterocycles. The Bertz CT molecular complexity index is 1380. The molecule has 35 heavy (non-hydrogen) atoms. The van der Waals surface area contributed by atoms with E-state index in [4.69, 9.17) is 9.47 Å². The number of hydrogen-bond donors (Lipinski definition) is 1. The lowest BCUT2D eigenvalue weighted by atomic mass is 10.1. The lowest BCUT2D eigenvalue weighted by molar-refractivity contribution is 0.0988. The summed E-state index contributed by atoms with van der Waals surface area (Å²) in [6.45, 7) is 0.581. The molecule has 0 unspecified atom stereocenters. The van der Waals surface area contributed by atoms with E-state index in [1.54, 1.807) is 43.4 Å². The third-order valence-electron chi connectivity index (χ3n) is 5.88. The Morgan fingerprint density at radius 3 is 2.31 bits per heavy atom. The number of anilines is 2. The van der Waals surface area contributed by atoms with Gasteiger partial charge in [-0.3, -0.25) is 9.59 Å². The van der Waals surface area contributed by atoms with Crippen molar-refractivity contribution in [1.29, 1.82) is 0 Å². The smallest absolute Gasteiger partial charge is 0.269 e. The molecule has 1 aliphatic rings. The first kappa shape index (κ1) is 22.5. The van der Waals surface area contributed by atoms with E-state index in [0.29, 0.717) is 34.1 Å². The van der Waals surface area contributed by atoms with Crippen molar-refractivity contribution in [3.05, 3.63) is 82.7 Å². The van der Waals surface area contributed by atoms with Gasteiger partial charge in [0.15, 0.2) is 0 Å². The summed E-state index contributed by atoms with van der Waals surface area (Å²) in [6.07, 6.45) is 0.756. The van der Waals surface area contributed by atoms with Crippen molar-refractivity contribution in [2.75, 3.05) is 31.0 Å². The molecule has 0 saturated carbocycles. The standard InChI is InChI=1S/C26H22N4O4S/c1-33-20-9-4-17(5-10-20)23-24(35-29-28-23)25(31)27-19-8-3-16-13-14-30(22(16)15-19)26(32)18-6-11-21(34-2)12-7-18/h3-12,15H,13-14H2,1-2H3,(H,27,31). The summed E-state index contributed by atoms with van der Waals surface area (Å²) in [4.78, 5) is 28.4. The second kappa shape index (κ2) is 9.55. The molecular weight excluding hydrogens is 464 g/mol. The minimum atomic E-state index is -0.309. The molecule has 3 aromatic carbocycles. The number of carbonyl (C=O) groups is 2. The lowest BCUT2D eigenvalue weighted by Crippen LogP contribution is -2.28.